The average Bonchev–Trinajstić information content (AvgIpc) is 2.56. The minimum Gasteiger partial charge on any atom is -0.355 e. The summed E-state index contributed by atoms with van der Waals surface area (Å²) in [4.78, 5) is 23.8. The predicted molar refractivity (Wildman–Crippen MR) is 89.7 cm³/mol. The highest BCUT2D eigenvalue weighted by Crippen LogP contribution is 2.18. The van der Waals surface area contributed by atoms with Gasteiger partial charge in [0.15, 0.2) is 0 Å². The van der Waals surface area contributed by atoms with E-state index in [0.717, 1.165) is 28.4 Å². The number of amides is 1. The van der Waals surface area contributed by atoms with Crippen LogP contribution in [0.15, 0.2) is 40.3 Å². The third-order valence-corrected chi connectivity index (χ3v) is 4.28. The number of nitrogens with one attached hydrogen (secondary N) is 1. The molecule has 0 bridgehead atoms. The highest BCUT2D eigenvalue weighted by atomic mass is 32.2. The molecule has 23 heavy (non-hydrogen) atoms. The maximum Gasteiger partial charge on any atom is 0.294 e. The molecular formula is C15H19N5O2S. The van der Waals surface area contributed by atoms with Crippen molar-refractivity contribution in [2.75, 3.05) is 12.4 Å². The Morgan fingerprint density at radius 2 is 2.04 bits per heavy atom. The molecule has 0 aliphatic heterocycles. The first-order chi connectivity index (χ1) is 11.0. The van der Waals surface area contributed by atoms with Gasteiger partial charge in [0.2, 0.25) is 11.1 Å². The summed E-state index contributed by atoms with van der Waals surface area (Å²) < 4.78 is 0.917. The number of nitrogens with two attached hydrogens (primary N) is 1. The van der Waals surface area contributed by atoms with Crippen LogP contribution in [0.1, 0.15) is 18.2 Å². The lowest BCUT2D eigenvalue weighted by molar-refractivity contribution is -0.120. The van der Waals surface area contributed by atoms with Gasteiger partial charge >= 0.3 is 0 Å². The molecule has 1 amide bonds. The quantitative estimate of drug-likeness (QED) is 0.589. The Kier molecular flexibility index (Phi) is 5.75. The first-order valence-electron chi connectivity index (χ1n) is 7.18. The summed E-state index contributed by atoms with van der Waals surface area (Å²) in [5.41, 5.74) is 0.962. The van der Waals surface area contributed by atoms with Crippen LogP contribution in [0.4, 0.5) is 0 Å². The number of aromatic nitrogens is 3. The molecule has 1 aromatic carbocycles. The third kappa shape index (κ3) is 4.56. The SMILES string of the molecule is Cc1nnc(SC(C)C(=O)NCCc2ccccc2)n(N)c1=O. The Labute approximate surface area is 138 Å². The first kappa shape index (κ1) is 17.0. The Bertz CT molecular complexity index is 732. The molecule has 1 atom stereocenters. The largest absolute Gasteiger partial charge is 0.355 e. The van der Waals surface area contributed by atoms with Crippen molar-refractivity contribution in [1.82, 2.24) is 20.2 Å². The van der Waals surface area contributed by atoms with Gasteiger partial charge in [-0.05, 0) is 25.8 Å². The van der Waals surface area contributed by atoms with E-state index in [1.807, 2.05) is 30.3 Å². The van der Waals surface area contributed by atoms with Gasteiger partial charge in [-0.1, -0.05) is 42.1 Å². The fourth-order valence-electron chi connectivity index (χ4n) is 1.88. The molecule has 0 spiro atoms. The highest BCUT2D eigenvalue weighted by molar-refractivity contribution is 8.00. The summed E-state index contributed by atoms with van der Waals surface area (Å²) in [7, 11) is 0. The second kappa shape index (κ2) is 7.77. The molecule has 7 nitrogen and oxygen atoms in total. The van der Waals surface area contributed by atoms with E-state index < -0.39 is 10.8 Å². The van der Waals surface area contributed by atoms with Gasteiger partial charge in [0.25, 0.3) is 5.56 Å². The van der Waals surface area contributed by atoms with E-state index in [0.29, 0.717) is 6.54 Å². The molecule has 122 valence electrons. The number of thioether (sulfide) groups is 1. The number of nitrogen functional groups attached to an aromatic ring is 1. The number of benzene rings is 1. The molecule has 1 heterocycles. The van der Waals surface area contributed by atoms with E-state index in [9.17, 15) is 9.59 Å². The Hall–Kier alpha value is -2.35. The van der Waals surface area contributed by atoms with E-state index in [4.69, 9.17) is 5.84 Å². The smallest absolute Gasteiger partial charge is 0.294 e. The van der Waals surface area contributed by atoms with E-state index in [1.165, 1.54) is 6.92 Å². The number of hydrogen-bond acceptors (Lipinski definition) is 6. The molecule has 1 unspecified atom stereocenters. The minimum atomic E-state index is -0.433. The second-order valence-corrected chi connectivity index (χ2v) is 6.34. The van der Waals surface area contributed by atoms with E-state index >= 15 is 0 Å². The van der Waals surface area contributed by atoms with Gasteiger partial charge in [0.05, 0.1) is 5.25 Å². The number of hydrogen-bond donors (Lipinski definition) is 2. The van der Waals surface area contributed by atoms with Crippen molar-refractivity contribution in [2.24, 2.45) is 0 Å². The fourth-order valence-corrected chi connectivity index (χ4v) is 2.67. The number of nitrogens with zero attached hydrogens (tertiary/aromatic N) is 3. The maximum absolute atomic E-state index is 12.1. The Balaban J connectivity index is 1.88. The van der Waals surface area contributed by atoms with Crippen LogP contribution in [0.2, 0.25) is 0 Å². The van der Waals surface area contributed by atoms with Crippen molar-refractivity contribution in [3.8, 4) is 0 Å². The molecule has 2 rings (SSSR count). The second-order valence-electron chi connectivity index (χ2n) is 5.03. The van der Waals surface area contributed by atoms with E-state index in [1.54, 1.807) is 6.92 Å². The molecule has 0 radical (unpaired) electrons. The van der Waals surface area contributed by atoms with Crippen LogP contribution >= 0.6 is 11.8 Å². The zero-order valence-electron chi connectivity index (χ0n) is 13.0. The van der Waals surface area contributed by atoms with Crippen LogP contribution in [-0.4, -0.2) is 32.6 Å². The van der Waals surface area contributed by atoms with E-state index in [-0.39, 0.29) is 16.8 Å². The monoisotopic (exact) mass is 333 g/mol. The van der Waals surface area contributed by atoms with Gasteiger partial charge in [-0.15, -0.1) is 10.2 Å². The van der Waals surface area contributed by atoms with Crippen LogP contribution in [0.25, 0.3) is 0 Å². The van der Waals surface area contributed by atoms with Crippen LogP contribution in [0.3, 0.4) is 0 Å². The predicted octanol–water partition coefficient (Wildman–Crippen LogP) is 0.500. The summed E-state index contributed by atoms with van der Waals surface area (Å²) in [6.07, 6.45) is 0.760. The molecular weight excluding hydrogens is 314 g/mol. The van der Waals surface area contributed by atoms with E-state index in [2.05, 4.69) is 15.5 Å². The zero-order chi connectivity index (χ0) is 16.8. The Morgan fingerprint density at radius 3 is 2.74 bits per heavy atom. The summed E-state index contributed by atoms with van der Waals surface area (Å²) in [6, 6.07) is 9.91. The molecule has 0 aliphatic rings. The summed E-state index contributed by atoms with van der Waals surface area (Å²) in [6.45, 7) is 3.81. The maximum atomic E-state index is 12.1. The molecule has 0 saturated heterocycles. The number of rotatable bonds is 6. The van der Waals surface area contributed by atoms with Crippen LogP contribution in [0.5, 0.6) is 0 Å². The average molecular weight is 333 g/mol. The van der Waals surface area contributed by atoms with Gasteiger partial charge in [-0.3, -0.25) is 9.59 Å². The van der Waals surface area contributed by atoms with Crippen molar-refractivity contribution >= 4 is 17.7 Å². The van der Waals surface area contributed by atoms with Gasteiger partial charge in [0.1, 0.15) is 5.69 Å². The molecule has 0 aliphatic carbocycles. The molecule has 2 aromatic rings. The van der Waals surface area contributed by atoms with Crippen LogP contribution < -0.4 is 16.7 Å². The number of carbonyl (C=O) groups excluding carboxylic acids is 1. The van der Waals surface area contributed by atoms with Crippen molar-refractivity contribution in [2.45, 2.75) is 30.7 Å². The van der Waals surface area contributed by atoms with Crippen molar-refractivity contribution in [3.63, 3.8) is 0 Å². The summed E-state index contributed by atoms with van der Waals surface area (Å²) in [5.74, 6) is 5.52. The lowest BCUT2D eigenvalue weighted by atomic mass is 10.1. The van der Waals surface area contributed by atoms with Gasteiger partial charge in [-0.25, -0.2) is 0 Å². The molecule has 3 N–H and O–H groups in total. The summed E-state index contributed by atoms with van der Waals surface area (Å²) >= 11 is 1.10. The molecule has 0 saturated carbocycles. The zero-order valence-corrected chi connectivity index (χ0v) is 13.8. The fraction of sp³-hybridized carbons (Fsp3) is 0.333. The Morgan fingerprint density at radius 1 is 1.35 bits per heavy atom. The molecule has 8 heteroatoms. The van der Waals surface area contributed by atoms with Crippen LogP contribution in [-0.2, 0) is 11.2 Å². The molecule has 1 aromatic heterocycles. The topological polar surface area (TPSA) is 103 Å². The normalized spacial score (nSPS) is 11.9. The lowest BCUT2D eigenvalue weighted by Crippen LogP contribution is -2.35. The van der Waals surface area contributed by atoms with Crippen molar-refractivity contribution in [1.29, 1.82) is 0 Å². The third-order valence-electron chi connectivity index (χ3n) is 3.23. The first-order valence-corrected chi connectivity index (χ1v) is 8.06. The highest BCUT2D eigenvalue weighted by Gasteiger charge is 2.18. The van der Waals surface area contributed by atoms with Crippen molar-refractivity contribution < 1.29 is 4.79 Å². The lowest BCUT2D eigenvalue weighted by Gasteiger charge is -2.12. The molecule has 0 fully saturated rings. The minimum absolute atomic E-state index is 0.138. The van der Waals surface area contributed by atoms with Gasteiger partial charge in [0, 0.05) is 6.54 Å². The van der Waals surface area contributed by atoms with Crippen molar-refractivity contribution in [3.05, 3.63) is 51.9 Å². The summed E-state index contributed by atoms with van der Waals surface area (Å²) in [5, 5.41) is 10.2. The van der Waals surface area contributed by atoms with Gasteiger partial charge in [-0.2, -0.15) is 4.68 Å². The number of aryl methyl sites for hydroxylation is 1. The number of carbonyl (C=O) groups is 1. The standard InChI is InChI=1S/C15H19N5O2S/c1-10-14(22)20(16)15(19-18-10)23-11(2)13(21)17-9-8-12-6-4-3-5-7-12/h3-7,11H,8-9,16H2,1-2H3,(H,17,21). The van der Waals surface area contributed by atoms with Crippen LogP contribution in [0, 0.1) is 6.92 Å². The van der Waals surface area contributed by atoms with Gasteiger partial charge < -0.3 is 11.2 Å².